The van der Waals surface area contributed by atoms with Crippen molar-refractivity contribution in [1.29, 1.82) is 0 Å². The molecule has 1 aliphatic rings. The van der Waals surface area contributed by atoms with Gasteiger partial charge in [-0.1, -0.05) is 0 Å². The van der Waals surface area contributed by atoms with E-state index in [2.05, 4.69) is 0 Å². The van der Waals surface area contributed by atoms with Gasteiger partial charge in [-0.05, 0) is 35.4 Å². The van der Waals surface area contributed by atoms with E-state index in [9.17, 15) is 10.0 Å². The molecule has 0 bridgehead atoms. The zero-order valence-corrected chi connectivity index (χ0v) is 20.5. The summed E-state index contributed by atoms with van der Waals surface area (Å²) >= 11 is 3.59. The van der Waals surface area contributed by atoms with Gasteiger partial charge in [-0.2, -0.15) is 0 Å². The van der Waals surface area contributed by atoms with Crippen LogP contribution in [0.1, 0.15) is 31.3 Å². The molecule has 1 N–H and O–H groups in total. The number of hydrogen-bond acceptors (Lipinski definition) is 9. The zero-order valence-electron chi connectivity index (χ0n) is 18.8. The molecule has 1 saturated heterocycles. The summed E-state index contributed by atoms with van der Waals surface area (Å²) in [6.45, 7) is 0. The fraction of sp³-hybridized carbons (Fsp3) is 0.409. The Bertz CT molecular complexity index is 933. The third-order valence-electron chi connectivity index (χ3n) is 5.05. The Morgan fingerprint density at radius 2 is 1.38 bits per heavy atom. The summed E-state index contributed by atoms with van der Waals surface area (Å²) in [6, 6.07) is 7.59. The fourth-order valence-electron chi connectivity index (χ4n) is 3.48. The molecule has 174 valence electrons. The van der Waals surface area contributed by atoms with Crippen molar-refractivity contribution in [1.82, 2.24) is 5.06 Å². The van der Waals surface area contributed by atoms with E-state index in [4.69, 9.17) is 23.7 Å². The highest BCUT2D eigenvalue weighted by Crippen LogP contribution is 2.58. The molecule has 8 nitrogen and oxygen atoms in total. The lowest BCUT2D eigenvalue weighted by Crippen LogP contribution is -2.24. The second-order valence-electron chi connectivity index (χ2n) is 6.88. The molecule has 1 amide bonds. The molecule has 0 aliphatic carbocycles. The van der Waals surface area contributed by atoms with Gasteiger partial charge in [0, 0.05) is 18.1 Å². The van der Waals surface area contributed by atoms with Crippen LogP contribution in [-0.2, 0) is 0 Å². The van der Waals surface area contributed by atoms with Crippen molar-refractivity contribution in [3.8, 4) is 28.7 Å². The van der Waals surface area contributed by atoms with Crippen molar-refractivity contribution in [3.05, 3.63) is 41.0 Å². The molecule has 2 aromatic carbocycles. The topological polar surface area (TPSA) is 86.7 Å². The lowest BCUT2D eigenvalue weighted by atomic mass is 10.1. The van der Waals surface area contributed by atoms with Crippen LogP contribution in [-0.4, -0.2) is 64.5 Å². The van der Waals surface area contributed by atoms with Gasteiger partial charge in [0.25, 0.3) is 5.91 Å². The lowest BCUT2D eigenvalue weighted by molar-refractivity contribution is -0.0379. The monoisotopic (exact) mass is 481 g/mol. The zero-order chi connectivity index (χ0) is 23.4. The number of rotatable bonds is 8. The van der Waals surface area contributed by atoms with Gasteiger partial charge in [0.15, 0.2) is 11.5 Å². The Balaban J connectivity index is 1.92. The minimum Gasteiger partial charge on any atom is -0.496 e. The van der Waals surface area contributed by atoms with Gasteiger partial charge in [-0.25, -0.2) is 5.06 Å². The molecule has 0 aromatic heterocycles. The van der Waals surface area contributed by atoms with Gasteiger partial charge in [-0.15, -0.1) is 23.5 Å². The molecule has 1 heterocycles. The Hall–Kier alpha value is -2.43. The molecule has 2 atom stereocenters. The van der Waals surface area contributed by atoms with Crippen LogP contribution in [0.2, 0.25) is 0 Å². The molecule has 1 aliphatic heterocycles. The van der Waals surface area contributed by atoms with Crippen molar-refractivity contribution in [2.24, 2.45) is 0 Å². The fourth-order valence-corrected chi connectivity index (χ4v) is 6.74. The number of thioether (sulfide) groups is 2. The second kappa shape index (κ2) is 10.5. The first kappa shape index (κ1) is 24.2. The first-order valence-electron chi connectivity index (χ1n) is 9.68. The molecule has 0 saturated carbocycles. The van der Waals surface area contributed by atoms with Crippen LogP contribution in [0.25, 0.3) is 0 Å². The van der Waals surface area contributed by atoms with Crippen LogP contribution in [0.15, 0.2) is 24.3 Å². The molecule has 32 heavy (non-hydrogen) atoms. The molecule has 0 radical (unpaired) electrons. The van der Waals surface area contributed by atoms with Gasteiger partial charge < -0.3 is 23.7 Å². The average molecular weight is 482 g/mol. The highest BCUT2D eigenvalue weighted by atomic mass is 32.2. The summed E-state index contributed by atoms with van der Waals surface area (Å²) in [5.41, 5.74) is 2.22. The number of carbonyl (C=O) groups is 1. The standard InChI is InChI=1S/C22H27NO7S2/c1-23(25)21(24)19-14(26-2)7-12(8-15(19)27-3)18-11-31-22(32-18)13-9-16(28-4)20(30-6)17(10-13)29-5/h7-10,18,22,25H,11H2,1-6H3. The van der Waals surface area contributed by atoms with E-state index in [1.165, 1.54) is 21.3 Å². The minimum absolute atomic E-state index is 0.142. The van der Waals surface area contributed by atoms with Gasteiger partial charge >= 0.3 is 0 Å². The largest absolute Gasteiger partial charge is 0.496 e. The number of ether oxygens (including phenoxy) is 5. The van der Waals surface area contributed by atoms with Crippen molar-refractivity contribution in [2.45, 2.75) is 9.83 Å². The number of hydroxylamine groups is 2. The van der Waals surface area contributed by atoms with Crippen molar-refractivity contribution in [2.75, 3.05) is 48.3 Å². The number of benzene rings is 2. The Morgan fingerprint density at radius 1 is 0.875 bits per heavy atom. The maximum absolute atomic E-state index is 12.4. The molecule has 3 rings (SSSR count). The second-order valence-corrected chi connectivity index (χ2v) is 9.63. The SMILES string of the molecule is COc1cc(C2SCC(c3cc(OC)c(C(=O)N(C)O)c(OC)c3)S2)cc(OC)c1OC. The van der Waals surface area contributed by atoms with Crippen LogP contribution < -0.4 is 23.7 Å². The normalized spacial score (nSPS) is 17.6. The number of amides is 1. The third-order valence-corrected chi connectivity index (χ3v) is 8.39. The molecular formula is C22H27NO7S2. The predicted molar refractivity (Wildman–Crippen MR) is 125 cm³/mol. The molecular weight excluding hydrogens is 454 g/mol. The summed E-state index contributed by atoms with van der Waals surface area (Å²) < 4.78 is 27.5. The van der Waals surface area contributed by atoms with E-state index in [1.807, 2.05) is 24.3 Å². The number of nitrogens with zero attached hydrogens (tertiary/aromatic N) is 1. The van der Waals surface area contributed by atoms with E-state index in [0.717, 1.165) is 16.9 Å². The molecule has 0 spiro atoms. The summed E-state index contributed by atoms with van der Waals surface area (Å²) in [7, 11) is 9.03. The quantitative estimate of drug-likeness (QED) is 0.435. The van der Waals surface area contributed by atoms with Crippen molar-refractivity contribution in [3.63, 3.8) is 0 Å². The van der Waals surface area contributed by atoms with Crippen LogP contribution in [0.3, 0.4) is 0 Å². The van der Waals surface area contributed by atoms with Crippen LogP contribution in [0, 0.1) is 0 Å². The van der Waals surface area contributed by atoms with Crippen LogP contribution >= 0.6 is 23.5 Å². The highest BCUT2D eigenvalue weighted by Gasteiger charge is 2.32. The van der Waals surface area contributed by atoms with E-state index < -0.39 is 5.91 Å². The van der Waals surface area contributed by atoms with Gasteiger partial charge in [0.05, 0.1) is 40.1 Å². The number of hydrogen-bond donors (Lipinski definition) is 1. The van der Waals surface area contributed by atoms with Crippen molar-refractivity contribution < 1.29 is 33.7 Å². The summed E-state index contributed by atoms with van der Waals surface area (Å²) in [6.07, 6.45) is 0. The van der Waals surface area contributed by atoms with Gasteiger partial charge in [0.1, 0.15) is 17.1 Å². The highest BCUT2D eigenvalue weighted by molar-refractivity contribution is 8.19. The summed E-state index contributed by atoms with van der Waals surface area (Å²) in [5, 5.41) is 10.3. The first-order chi connectivity index (χ1) is 15.4. The minimum atomic E-state index is -0.603. The Morgan fingerprint density at radius 3 is 1.81 bits per heavy atom. The number of methoxy groups -OCH3 is 5. The van der Waals surface area contributed by atoms with E-state index in [0.29, 0.717) is 33.8 Å². The van der Waals surface area contributed by atoms with Crippen LogP contribution in [0.4, 0.5) is 0 Å². The lowest BCUT2D eigenvalue weighted by Gasteiger charge is -2.19. The Kier molecular flexibility index (Phi) is 7.91. The molecule has 2 aromatic rings. The van der Waals surface area contributed by atoms with E-state index >= 15 is 0 Å². The van der Waals surface area contributed by atoms with E-state index in [1.54, 1.807) is 44.9 Å². The maximum atomic E-state index is 12.4. The molecule has 2 unspecified atom stereocenters. The van der Waals surface area contributed by atoms with Gasteiger partial charge in [0.2, 0.25) is 5.75 Å². The molecule has 1 fully saturated rings. The average Bonchev–Trinajstić information content (AvgIpc) is 3.31. The maximum Gasteiger partial charge on any atom is 0.284 e. The first-order valence-corrected chi connectivity index (χ1v) is 11.7. The van der Waals surface area contributed by atoms with E-state index in [-0.39, 0.29) is 15.4 Å². The number of carbonyl (C=O) groups excluding carboxylic acids is 1. The van der Waals surface area contributed by atoms with Crippen LogP contribution in [0.5, 0.6) is 28.7 Å². The predicted octanol–water partition coefficient (Wildman–Crippen LogP) is 4.41. The summed E-state index contributed by atoms with van der Waals surface area (Å²) in [4.78, 5) is 12.4. The smallest absolute Gasteiger partial charge is 0.284 e. The summed E-state index contributed by atoms with van der Waals surface area (Å²) in [5.74, 6) is 2.75. The third kappa shape index (κ3) is 4.67. The Labute approximate surface area is 196 Å². The molecule has 10 heteroatoms. The van der Waals surface area contributed by atoms with Gasteiger partial charge in [-0.3, -0.25) is 10.0 Å². The van der Waals surface area contributed by atoms with Crippen molar-refractivity contribution >= 4 is 29.4 Å².